The summed E-state index contributed by atoms with van der Waals surface area (Å²) in [5.41, 5.74) is -0.333. The molecule has 0 spiro atoms. The Hall–Kier alpha value is -1.09. The second-order valence-electron chi connectivity index (χ2n) is 4.13. The number of carbonyl (C=O) groups excluding carboxylic acids is 1. The lowest BCUT2D eigenvalue weighted by Crippen LogP contribution is -2.14. The zero-order valence-corrected chi connectivity index (χ0v) is 14.1. The van der Waals surface area contributed by atoms with Crippen LogP contribution in [0.15, 0.2) is 46.9 Å². The molecule has 0 fully saturated rings. The Morgan fingerprint density at radius 2 is 1.81 bits per heavy atom. The van der Waals surface area contributed by atoms with E-state index in [1.165, 1.54) is 6.07 Å². The van der Waals surface area contributed by atoms with Crippen molar-refractivity contribution in [1.29, 1.82) is 0 Å². The summed E-state index contributed by atoms with van der Waals surface area (Å²) in [5.74, 6) is -0.458. The molecule has 2 nitrogen and oxygen atoms in total. The summed E-state index contributed by atoms with van der Waals surface area (Å²) in [7, 11) is 0. The SMILES string of the molecule is O=C(Nc1cc(C(F)(F)F)ccc1Br)c1ccccc1I. The number of nitrogens with one attached hydrogen (secondary N) is 1. The van der Waals surface area contributed by atoms with Crippen LogP contribution in [0.1, 0.15) is 15.9 Å². The molecule has 0 aliphatic rings. The van der Waals surface area contributed by atoms with Gasteiger partial charge in [0.25, 0.3) is 5.91 Å². The van der Waals surface area contributed by atoms with E-state index in [-0.39, 0.29) is 5.69 Å². The minimum atomic E-state index is -4.46. The first kappa shape index (κ1) is 16.3. The molecule has 0 aliphatic carbocycles. The van der Waals surface area contributed by atoms with Crippen LogP contribution in [0.4, 0.5) is 18.9 Å². The lowest BCUT2D eigenvalue weighted by atomic mass is 10.1. The van der Waals surface area contributed by atoms with Crippen LogP contribution in [-0.4, -0.2) is 5.91 Å². The highest BCUT2D eigenvalue weighted by Gasteiger charge is 2.31. The highest BCUT2D eigenvalue weighted by molar-refractivity contribution is 14.1. The third-order valence-corrected chi connectivity index (χ3v) is 4.29. The van der Waals surface area contributed by atoms with Crippen LogP contribution in [-0.2, 0) is 6.18 Å². The smallest absolute Gasteiger partial charge is 0.321 e. The molecule has 7 heteroatoms. The van der Waals surface area contributed by atoms with Crippen LogP contribution in [0.5, 0.6) is 0 Å². The van der Waals surface area contributed by atoms with Gasteiger partial charge in [-0.25, -0.2) is 0 Å². The normalized spacial score (nSPS) is 11.3. The predicted octanol–water partition coefficient (Wildman–Crippen LogP) is 5.32. The third-order valence-electron chi connectivity index (χ3n) is 2.66. The van der Waals surface area contributed by atoms with Gasteiger partial charge in [0.2, 0.25) is 0 Å². The number of hydrogen-bond donors (Lipinski definition) is 1. The molecule has 110 valence electrons. The summed E-state index contributed by atoms with van der Waals surface area (Å²) in [6.07, 6.45) is -4.46. The highest BCUT2D eigenvalue weighted by Crippen LogP contribution is 2.34. The van der Waals surface area contributed by atoms with Crippen LogP contribution < -0.4 is 5.32 Å². The fourth-order valence-corrected chi connectivity index (χ4v) is 2.61. The standard InChI is InChI=1S/C14H8BrF3INO/c15-10-6-5-8(14(16,17)18)7-12(10)20-13(21)9-3-1-2-4-11(9)19/h1-7H,(H,20,21). The summed E-state index contributed by atoms with van der Waals surface area (Å²) in [4.78, 5) is 12.1. The Bertz CT molecular complexity index is 688. The van der Waals surface area contributed by atoms with E-state index in [2.05, 4.69) is 21.2 Å². The van der Waals surface area contributed by atoms with E-state index in [4.69, 9.17) is 0 Å². The van der Waals surface area contributed by atoms with Crippen LogP contribution >= 0.6 is 38.5 Å². The molecule has 1 amide bonds. The van der Waals surface area contributed by atoms with Gasteiger partial charge < -0.3 is 5.32 Å². The van der Waals surface area contributed by atoms with Gasteiger partial charge in [0.15, 0.2) is 0 Å². The van der Waals surface area contributed by atoms with Crippen molar-refractivity contribution in [2.24, 2.45) is 0 Å². The molecular formula is C14H8BrF3INO. The molecule has 2 aromatic carbocycles. The molecule has 2 rings (SSSR count). The average Bonchev–Trinajstić information content (AvgIpc) is 2.40. The molecule has 0 unspecified atom stereocenters. The number of rotatable bonds is 2. The van der Waals surface area contributed by atoms with Crippen LogP contribution in [0.3, 0.4) is 0 Å². The van der Waals surface area contributed by atoms with Crippen LogP contribution in [0, 0.1) is 3.57 Å². The highest BCUT2D eigenvalue weighted by atomic mass is 127. The van der Waals surface area contributed by atoms with Crippen molar-refractivity contribution in [3.8, 4) is 0 Å². The van der Waals surface area contributed by atoms with Crippen LogP contribution in [0.25, 0.3) is 0 Å². The molecule has 0 atom stereocenters. The average molecular weight is 470 g/mol. The van der Waals surface area contributed by atoms with Crippen molar-refractivity contribution >= 4 is 50.1 Å². The van der Waals surface area contributed by atoms with Crippen molar-refractivity contribution in [2.75, 3.05) is 5.32 Å². The number of alkyl halides is 3. The van der Waals surface area contributed by atoms with Gasteiger partial charge in [-0.15, -0.1) is 0 Å². The topological polar surface area (TPSA) is 29.1 Å². The molecule has 0 heterocycles. The number of halogens is 5. The van der Waals surface area contributed by atoms with Crippen molar-refractivity contribution < 1.29 is 18.0 Å². The number of benzene rings is 2. The Morgan fingerprint density at radius 1 is 1.14 bits per heavy atom. The van der Waals surface area contributed by atoms with Gasteiger partial charge >= 0.3 is 6.18 Å². The van der Waals surface area contributed by atoms with E-state index in [0.717, 1.165) is 15.7 Å². The maximum Gasteiger partial charge on any atom is 0.416 e. The molecule has 0 aliphatic heterocycles. The van der Waals surface area contributed by atoms with Gasteiger partial charge in [0, 0.05) is 8.04 Å². The van der Waals surface area contributed by atoms with E-state index in [0.29, 0.717) is 10.0 Å². The van der Waals surface area contributed by atoms with E-state index in [1.807, 2.05) is 22.6 Å². The summed E-state index contributed by atoms with van der Waals surface area (Å²) < 4.78 is 39.2. The second kappa shape index (κ2) is 6.35. The quantitative estimate of drug-likeness (QED) is 0.592. The van der Waals surface area contributed by atoms with Gasteiger partial charge in [0.1, 0.15) is 0 Å². The Labute approximate surface area is 141 Å². The van der Waals surface area contributed by atoms with E-state index >= 15 is 0 Å². The molecule has 0 saturated carbocycles. The number of carbonyl (C=O) groups is 1. The number of hydrogen-bond acceptors (Lipinski definition) is 1. The van der Waals surface area contributed by atoms with E-state index in [9.17, 15) is 18.0 Å². The zero-order valence-electron chi connectivity index (χ0n) is 10.3. The van der Waals surface area contributed by atoms with E-state index in [1.54, 1.807) is 24.3 Å². The van der Waals surface area contributed by atoms with Gasteiger partial charge in [-0.3, -0.25) is 4.79 Å². The van der Waals surface area contributed by atoms with Gasteiger partial charge in [-0.1, -0.05) is 12.1 Å². The van der Waals surface area contributed by atoms with Crippen molar-refractivity contribution in [3.63, 3.8) is 0 Å². The summed E-state index contributed by atoms with van der Waals surface area (Å²) in [6.45, 7) is 0. The number of anilines is 1. The summed E-state index contributed by atoms with van der Waals surface area (Å²) in [6, 6.07) is 9.93. The Kier molecular flexibility index (Phi) is 4.92. The minimum Gasteiger partial charge on any atom is -0.321 e. The Balaban J connectivity index is 2.31. The van der Waals surface area contributed by atoms with E-state index < -0.39 is 17.6 Å². The molecule has 2 aromatic rings. The lowest BCUT2D eigenvalue weighted by molar-refractivity contribution is -0.137. The maximum atomic E-state index is 12.7. The zero-order chi connectivity index (χ0) is 15.6. The van der Waals surface area contributed by atoms with Gasteiger partial charge in [0.05, 0.1) is 16.8 Å². The first-order valence-electron chi connectivity index (χ1n) is 5.71. The maximum absolute atomic E-state index is 12.7. The summed E-state index contributed by atoms with van der Waals surface area (Å²) >= 11 is 5.13. The van der Waals surface area contributed by atoms with Crippen LogP contribution in [0.2, 0.25) is 0 Å². The fraction of sp³-hybridized carbons (Fsp3) is 0.0714. The minimum absolute atomic E-state index is 0.0782. The second-order valence-corrected chi connectivity index (χ2v) is 6.14. The molecule has 0 saturated heterocycles. The van der Waals surface area contributed by atoms with Gasteiger partial charge in [-0.05, 0) is 68.9 Å². The largest absolute Gasteiger partial charge is 0.416 e. The first-order valence-corrected chi connectivity index (χ1v) is 7.59. The van der Waals surface area contributed by atoms with Crippen molar-refractivity contribution in [2.45, 2.75) is 6.18 Å². The molecule has 1 N–H and O–H groups in total. The summed E-state index contributed by atoms with van der Waals surface area (Å²) in [5, 5.41) is 2.49. The molecule has 0 bridgehead atoms. The lowest BCUT2D eigenvalue weighted by Gasteiger charge is -2.12. The van der Waals surface area contributed by atoms with Crippen molar-refractivity contribution in [3.05, 3.63) is 61.6 Å². The fourth-order valence-electron chi connectivity index (χ4n) is 1.63. The Morgan fingerprint density at radius 3 is 2.43 bits per heavy atom. The third kappa shape index (κ3) is 3.97. The molecule has 0 aromatic heterocycles. The molecular weight excluding hydrogens is 462 g/mol. The first-order chi connectivity index (χ1) is 9.79. The molecule has 0 radical (unpaired) electrons. The van der Waals surface area contributed by atoms with Crippen molar-refractivity contribution in [1.82, 2.24) is 0 Å². The molecule has 21 heavy (non-hydrogen) atoms. The number of amides is 1. The predicted molar refractivity (Wildman–Crippen MR) is 86.3 cm³/mol. The monoisotopic (exact) mass is 469 g/mol. The van der Waals surface area contributed by atoms with Gasteiger partial charge in [-0.2, -0.15) is 13.2 Å².